The molecule has 0 saturated heterocycles. The maximum atomic E-state index is 13.7. The first-order valence-corrected chi connectivity index (χ1v) is 5.72. The number of rotatable bonds is 2. The molecule has 1 aromatic heterocycles. The van der Waals surface area contributed by atoms with Crippen molar-refractivity contribution in [2.24, 2.45) is 7.05 Å². The predicted octanol–water partition coefficient (Wildman–Crippen LogP) is 2.13. The van der Waals surface area contributed by atoms with Gasteiger partial charge in [0.25, 0.3) is 0 Å². The first-order chi connectivity index (χ1) is 9.38. The van der Waals surface area contributed by atoms with Crippen LogP contribution in [0.1, 0.15) is 17.3 Å². The van der Waals surface area contributed by atoms with Gasteiger partial charge in [0.2, 0.25) is 5.43 Å². The Kier molecular flexibility index (Phi) is 3.52. The molecule has 0 aliphatic carbocycles. The molecule has 0 aliphatic heterocycles. The lowest BCUT2D eigenvalue weighted by Gasteiger charge is -2.10. The van der Waals surface area contributed by atoms with Gasteiger partial charge in [0.05, 0.1) is 17.5 Å². The van der Waals surface area contributed by atoms with E-state index in [0.717, 1.165) is 10.8 Å². The number of ether oxygens (including phenoxy) is 1. The minimum atomic E-state index is -1.49. The monoisotopic (exact) mass is 285 g/mol. The zero-order valence-electron chi connectivity index (χ0n) is 10.7. The first kappa shape index (κ1) is 14.1. The lowest BCUT2D eigenvalue weighted by atomic mass is 10.1. The summed E-state index contributed by atoms with van der Waals surface area (Å²) < 4.78 is 46.3. The van der Waals surface area contributed by atoms with Gasteiger partial charge in [-0.15, -0.1) is 0 Å². The van der Waals surface area contributed by atoms with Crippen LogP contribution < -0.4 is 5.43 Å². The fraction of sp³-hybridized carbons (Fsp3) is 0.231. The Hall–Kier alpha value is -2.31. The van der Waals surface area contributed by atoms with Gasteiger partial charge in [0, 0.05) is 19.3 Å². The number of benzene rings is 1. The zero-order valence-corrected chi connectivity index (χ0v) is 10.7. The van der Waals surface area contributed by atoms with Crippen LogP contribution >= 0.6 is 0 Å². The summed E-state index contributed by atoms with van der Waals surface area (Å²) in [5.74, 6) is -5.05. The second-order valence-corrected chi connectivity index (χ2v) is 4.08. The molecule has 0 spiro atoms. The van der Waals surface area contributed by atoms with Gasteiger partial charge in [-0.05, 0) is 6.92 Å². The Morgan fingerprint density at radius 2 is 1.95 bits per heavy atom. The highest BCUT2D eigenvalue weighted by molar-refractivity contribution is 5.94. The highest BCUT2D eigenvalue weighted by Crippen LogP contribution is 2.21. The van der Waals surface area contributed by atoms with Gasteiger partial charge in [-0.25, -0.2) is 18.0 Å². The van der Waals surface area contributed by atoms with E-state index in [4.69, 9.17) is 0 Å². The van der Waals surface area contributed by atoms with Crippen LogP contribution in [-0.4, -0.2) is 17.1 Å². The van der Waals surface area contributed by atoms with Crippen molar-refractivity contribution in [2.75, 3.05) is 6.61 Å². The van der Waals surface area contributed by atoms with Crippen LogP contribution in [0.4, 0.5) is 13.2 Å². The maximum absolute atomic E-state index is 13.7. The lowest BCUT2D eigenvalue weighted by molar-refractivity contribution is 0.0524. The second-order valence-electron chi connectivity index (χ2n) is 4.08. The third kappa shape index (κ3) is 2.04. The highest BCUT2D eigenvalue weighted by Gasteiger charge is 2.22. The first-order valence-electron chi connectivity index (χ1n) is 5.72. The lowest BCUT2D eigenvalue weighted by Crippen LogP contribution is -2.22. The van der Waals surface area contributed by atoms with E-state index in [1.165, 1.54) is 14.0 Å². The molecule has 0 amide bonds. The largest absolute Gasteiger partial charge is 0.462 e. The third-order valence-corrected chi connectivity index (χ3v) is 2.79. The van der Waals surface area contributed by atoms with Crippen LogP contribution in [0.5, 0.6) is 0 Å². The highest BCUT2D eigenvalue weighted by atomic mass is 19.2. The van der Waals surface area contributed by atoms with E-state index in [1.54, 1.807) is 0 Å². The summed E-state index contributed by atoms with van der Waals surface area (Å²) in [4.78, 5) is 23.6. The topological polar surface area (TPSA) is 48.3 Å². The van der Waals surface area contributed by atoms with Crippen molar-refractivity contribution >= 4 is 16.9 Å². The smallest absolute Gasteiger partial charge is 0.343 e. The SMILES string of the molecule is CCOC(=O)c1cn(C)c2c(F)cc(F)c(F)c2c1=O. The van der Waals surface area contributed by atoms with Crippen molar-refractivity contribution in [3.8, 4) is 0 Å². The molecule has 0 atom stereocenters. The van der Waals surface area contributed by atoms with E-state index in [-0.39, 0.29) is 6.61 Å². The Morgan fingerprint density at radius 3 is 2.55 bits per heavy atom. The van der Waals surface area contributed by atoms with E-state index in [0.29, 0.717) is 6.07 Å². The zero-order chi connectivity index (χ0) is 15.0. The fourth-order valence-corrected chi connectivity index (χ4v) is 1.94. The number of carbonyl (C=O) groups excluding carboxylic acids is 1. The predicted molar refractivity (Wildman–Crippen MR) is 65.0 cm³/mol. The van der Waals surface area contributed by atoms with Gasteiger partial charge in [-0.3, -0.25) is 4.79 Å². The number of pyridine rings is 1. The van der Waals surface area contributed by atoms with Crippen molar-refractivity contribution in [1.29, 1.82) is 0 Å². The normalized spacial score (nSPS) is 10.8. The van der Waals surface area contributed by atoms with Crippen molar-refractivity contribution in [3.63, 3.8) is 0 Å². The quantitative estimate of drug-likeness (QED) is 0.627. The van der Waals surface area contributed by atoms with E-state index in [1.807, 2.05) is 0 Å². The van der Waals surface area contributed by atoms with E-state index in [2.05, 4.69) is 4.74 Å². The van der Waals surface area contributed by atoms with E-state index >= 15 is 0 Å². The molecule has 7 heteroatoms. The number of aromatic nitrogens is 1. The number of halogens is 3. The van der Waals surface area contributed by atoms with Gasteiger partial charge in [0.1, 0.15) is 5.56 Å². The molecule has 0 unspecified atom stereocenters. The summed E-state index contributed by atoms with van der Waals surface area (Å²) >= 11 is 0. The molecule has 1 heterocycles. The number of carbonyl (C=O) groups is 1. The number of aryl methyl sites for hydroxylation is 1. The Labute approximate surface area is 111 Å². The Balaban J connectivity index is 2.92. The summed E-state index contributed by atoms with van der Waals surface area (Å²) in [7, 11) is 1.31. The molecule has 106 valence electrons. The summed E-state index contributed by atoms with van der Waals surface area (Å²) in [6.07, 6.45) is 1.03. The number of hydrogen-bond acceptors (Lipinski definition) is 3. The van der Waals surface area contributed by atoms with Crippen molar-refractivity contribution in [1.82, 2.24) is 4.57 Å². The minimum Gasteiger partial charge on any atom is -0.462 e. The average Bonchev–Trinajstić information content (AvgIpc) is 2.38. The second kappa shape index (κ2) is 4.99. The maximum Gasteiger partial charge on any atom is 0.343 e. The molecular weight excluding hydrogens is 275 g/mol. The third-order valence-electron chi connectivity index (χ3n) is 2.79. The van der Waals surface area contributed by atoms with Crippen LogP contribution in [0.15, 0.2) is 17.1 Å². The molecule has 0 saturated carbocycles. The summed E-state index contributed by atoms with van der Waals surface area (Å²) in [5.41, 5.74) is -2.00. The fourth-order valence-electron chi connectivity index (χ4n) is 1.94. The van der Waals surface area contributed by atoms with Gasteiger partial charge in [0.15, 0.2) is 17.5 Å². The van der Waals surface area contributed by atoms with Crippen LogP contribution in [0.3, 0.4) is 0 Å². The summed E-state index contributed by atoms with van der Waals surface area (Å²) in [5, 5.41) is -0.810. The van der Waals surface area contributed by atoms with Gasteiger partial charge in [-0.1, -0.05) is 0 Å². The molecule has 0 aliphatic rings. The molecule has 2 rings (SSSR count). The van der Waals surface area contributed by atoms with Crippen LogP contribution in [0.2, 0.25) is 0 Å². The summed E-state index contributed by atoms with van der Waals surface area (Å²) in [6.45, 7) is 1.55. The van der Waals surface area contributed by atoms with Crippen LogP contribution in [0, 0.1) is 17.5 Å². The minimum absolute atomic E-state index is 0.0139. The van der Waals surface area contributed by atoms with Crippen LogP contribution in [-0.2, 0) is 11.8 Å². The van der Waals surface area contributed by atoms with E-state index in [9.17, 15) is 22.8 Å². The molecule has 0 N–H and O–H groups in total. The van der Waals surface area contributed by atoms with Gasteiger partial charge >= 0.3 is 5.97 Å². The van der Waals surface area contributed by atoms with Crippen molar-refractivity contribution < 1.29 is 22.7 Å². The molecule has 1 aromatic carbocycles. The van der Waals surface area contributed by atoms with E-state index < -0.39 is 45.3 Å². The average molecular weight is 285 g/mol. The molecule has 0 fully saturated rings. The Bertz CT molecular complexity index is 768. The van der Waals surface area contributed by atoms with Crippen molar-refractivity contribution in [2.45, 2.75) is 6.92 Å². The molecule has 0 radical (unpaired) electrons. The molecule has 0 bridgehead atoms. The number of nitrogens with zero attached hydrogens (tertiary/aromatic N) is 1. The number of esters is 1. The van der Waals surface area contributed by atoms with Gasteiger partial charge in [-0.2, -0.15) is 0 Å². The standard InChI is InChI=1S/C13H10F3NO3/c1-3-20-13(19)6-5-17(2)11-8(15)4-7(14)10(16)9(11)12(6)18/h4-5H,3H2,1-2H3. The molecule has 2 aromatic rings. The number of hydrogen-bond donors (Lipinski definition) is 0. The molecule has 20 heavy (non-hydrogen) atoms. The summed E-state index contributed by atoms with van der Waals surface area (Å²) in [6, 6.07) is 0.348. The molecule has 4 nitrogen and oxygen atoms in total. The number of fused-ring (bicyclic) bond motifs is 1. The molecular formula is C13H10F3NO3. The van der Waals surface area contributed by atoms with Gasteiger partial charge < -0.3 is 9.30 Å². The Morgan fingerprint density at radius 1 is 1.30 bits per heavy atom. The van der Waals surface area contributed by atoms with Crippen LogP contribution in [0.25, 0.3) is 10.9 Å². The van der Waals surface area contributed by atoms with Crippen molar-refractivity contribution in [3.05, 3.63) is 45.5 Å².